The lowest BCUT2D eigenvalue weighted by Gasteiger charge is -2.29. The van der Waals surface area contributed by atoms with Crippen LogP contribution in [0.3, 0.4) is 0 Å². The van der Waals surface area contributed by atoms with Crippen molar-refractivity contribution in [2.75, 3.05) is 13.1 Å². The summed E-state index contributed by atoms with van der Waals surface area (Å²) in [7, 11) is -3.80. The third-order valence-electron chi connectivity index (χ3n) is 3.58. The quantitative estimate of drug-likeness (QED) is 0.872. The monoisotopic (exact) mass is 358 g/mol. The molecule has 0 bridgehead atoms. The minimum Gasteiger partial charge on any atom is -0.316 e. The van der Waals surface area contributed by atoms with E-state index in [-0.39, 0.29) is 29.3 Å². The van der Waals surface area contributed by atoms with Crippen molar-refractivity contribution in [3.8, 4) is 0 Å². The Morgan fingerprint density at radius 1 is 1.23 bits per heavy atom. The highest BCUT2D eigenvalue weighted by molar-refractivity contribution is 7.89. The molecule has 1 aliphatic heterocycles. The fraction of sp³-hybridized carbons (Fsp3) is 0.538. The lowest BCUT2D eigenvalue weighted by molar-refractivity contribution is -0.137. The Hall–Kier alpha value is -0.830. The Morgan fingerprint density at radius 2 is 1.82 bits per heavy atom. The van der Waals surface area contributed by atoms with Crippen LogP contribution < -0.4 is 10.0 Å². The average Bonchev–Trinajstić information content (AvgIpc) is 2.40. The highest BCUT2D eigenvalue weighted by Gasteiger charge is 2.31. The zero-order valence-electron chi connectivity index (χ0n) is 11.9. The number of benzene rings is 1. The van der Waals surface area contributed by atoms with Crippen molar-refractivity contribution in [3.63, 3.8) is 0 Å². The summed E-state index contributed by atoms with van der Waals surface area (Å²) in [6.07, 6.45) is -3.82. The third-order valence-corrected chi connectivity index (χ3v) is 5.09. The van der Waals surface area contributed by atoms with Crippen LogP contribution in [0.2, 0.25) is 0 Å². The van der Waals surface area contributed by atoms with Gasteiger partial charge in [0, 0.05) is 6.04 Å². The van der Waals surface area contributed by atoms with Crippen LogP contribution >= 0.6 is 12.4 Å². The molecule has 0 spiro atoms. The second kappa shape index (κ2) is 7.16. The molecule has 0 amide bonds. The van der Waals surface area contributed by atoms with E-state index in [0.29, 0.717) is 19.5 Å². The van der Waals surface area contributed by atoms with E-state index in [2.05, 4.69) is 10.0 Å². The molecule has 1 aliphatic rings. The van der Waals surface area contributed by atoms with E-state index < -0.39 is 21.8 Å². The first-order chi connectivity index (χ1) is 9.70. The normalized spacial score (nSPS) is 22.9. The molecule has 126 valence electrons. The molecule has 2 atom stereocenters. The fourth-order valence-electron chi connectivity index (χ4n) is 2.28. The van der Waals surface area contributed by atoms with Gasteiger partial charge in [-0.3, -0.25) is 0 Å². The predicted molar refractivity (Wildman–Crippen MR) is 79.5 cm³/mol. The SMILES string of the molecule is CC1CNCCC1NS(=O)(=O)c1ccc(C(F)(F)F)cc1.Cl. The molecule has 0 aliphatic carbocycles. The number of sulfonamides is 1. The topological polar surface area (TPSA) is 58.2 Å². The van der Waals surface area contributed by atoms with Crippen LogP contribution in [0.1, 0.15) is 18.9 Å². The summed E-state index contributed by atoms with van der Waals surface area (Å²) in [5.74, 6) is 0.128. The molecule has 0 aromatic heterocycles. The van der Waals surface area contributed by atoms with Crippen molar-refractivity contribution in [2.45, 2.75) is 30.5 Å². The summed E-state index contributed by atoms with van der Waals surface area (Å²) in [6, 6.07) is 3.31. The summed E-state index contributed by atoms with van der Waals surface area (Å²) < 4.78 is 64.4. The van der Waals surface area contributed by atoms with Crippen molar-refractivity contribution in [1.29, 1.82) is 0 Å². The number of halogens is 4. The van der Waals surface area contributed by atoms with Gasteiger partial charge in [-0.25, -0.2) is 13.1 Å². The first-order valence-electron chi connectivity index (χ1n) is 6.60. The molecule has 2 unspecified atom stereocenters. The Labute approximate surface area is 133 Å². The van der Waals surface area contributed by atoms with Gasteiger partial charge in [-0.05, 0) is 49.7 Å². The van der Waals surface area contributed by atoms with Crippen LogP contribution in [0.25, 0.3) is 0 Å². The number of hydrogen-bond donors (Lipinski definition) is 2. The molecule has 2 rings (SSSR count). The van der Waals surface area contributed by atoms with Gasteiger partial charge in [-0.1, -0.05) is 6.92 Å². The van der Waals surface area contributed by atoms with Gasteiger partial charge in [0.25, 0.3) is 0 Å². The van der Waals surface area contributed by atoms with E-state index in [9.17, 15) is 21.6 Å². The Balaban J connectivity index is 0.00000242. The number of hydrogen-bond acceptors (Lipinski definition) is 3. The van der Waals surface area contributed by atoms with Crippen LogP contribution in [0, 0.1) is 5.92 Å². The second-order valence-electron chi connectivity index (χ2n) is 5.22. The van der Waals surface area contributed by atoms with E-state index in [1.54, 1.807) is 0 Å². The van der Waals surface area contributed by atoms with Crippen LogP contribution in [0.5, 0.6) is 0 Å². The molecule has 0 saturated carbocycles. The van der Waals surface area contributed by atoms with E-state index in [1.165, 1.54) is 0 Å². The fourth-order valence-corrected chi connectivity index (χ4v) is 3.66. The lowest BCUT2D eigenvalue weighted by Crippen LogP contribution is -2.48. The average molecular weight is 359 g/mol. The molecule has 1 aromatic carbocycles. The number of alkyl halides is 3. The van der Waals surface area contributed by atoms with Crippen molar-refractivity contribution in [3.05, 3.63) is 29.8 Å². The lowest BCUT2D eigenvalue weighted by atomic mass is 9.97. The van der Waals surface area contributed by atoms with Crippen molar-refractivity contribution in [1.82, 2.24) is 10.0 Å². The molecule has 2 N–H and O–H groups in total. The van der Waals surface area contributed by atoms with Crippen molar-refractivity contribution < 1.29 is 21.6 Å². The van der Waals surface area contributed by atoms with Gasteiger partial charge in [0.15, 0.2) is 0 Å². The van der Waals surface area contributed by atoms with Gasteiger partial charge in [-0.2, -0.15) is 13.2 Å². The number of nitrogens with one attached hydrogen (secondary N) is 2. The Morgan fingerprint density at radius 3 is 2.32 bits per heavy atom. The number of piperidine rings is 1. The molecular weight excluding hydrogens is 341 g/mol. The van der Waals surface area contributed by atoms with Gasteiger partial charge >= 0.3 is 6.18 Å². The van der Waals surface area contributed by atoms with Crippen LogP contribution in [0.4, 0.5) is 13.2 Å². The molecule has 0 radical (unpaired) electrons. The maximum Gasteiger partial charge on any atom is 0.416 e. The summed E-state index contributed by atoms with van der Waals surface area (Å²) in [6.45, 7) is 3.34. The van der Waals surface area contributed by atoms with Crippen molar-refractivity contribution >= 4 is 22.4 Å². The zero-order valence-corrected chi connectivity index (χ0v) is 13.5. The largest absolute Gasteiger partial charge is 0.416 e. The molecular formula is C13H18ClF3N2O2S. The van der Waals surface area contributed by atoms with Gasteiger partial charge < -0.3 is 5.32 Å². The minimum absolute atomic E-state index is 0. The summed E-state index contributed by atoms with van der Waals surface area (Å²) >= 11 is 0. The molecule has 1 heterocycles. The highest BCUT2D eigenvalue weighted by atomic mass is 35.5. The number of rotatable bonds is 3. The molecule has 1 aromatic rings. The van der Waals surface area contributed by atoms with Gasteiger partial charge in [0.2, 0.25) is 10.0 Å². The van der Waals surface area contributed by atoms with Gasteiger partial charge in [0.1, 0.15) is 0 Å². The maximum absolute atomic E-state index is 12.5. The molecule has 4 nitrogen and oxygen atoms in total. The van der Waals surface area contributed by atoms with E-state index in [0.717, 1.165) is 24.3 Å². The standard InChI is InChI=1S/C13H17F3N2O2S.ClH/c1-9-8-17-7-6-12(9)18-21(19,20)11-4-2-10(3-5-11)13(14,15)16;/h2-5,9,12,17-18H,6-8H2,1H3;1H. The van der Waals surface area contributed by atoms with Gasteiger partial charge in [0.05, 0.1) is 10.5 Å². The smallest absolute Gasteiger partial charge is 0.316 e. The first-order valence-corrected chi connectivity index (χ1v) is 8.09. The summed E-state index contributed by atoms with van der Waals surface area (Å²) in [4.78, 5) is -0.152. The molecule has 1 fully saturated rings. The highest BCUT2D eigenvalue weighted by Crippen LogP contribution is 2.29. The summed E-state index contributed by atoms with van der Waals surface area (Å²) in [5, 5.41) is 3.15. The van der Waals surface area contributed by atoms with Crippen LogP contribution in [-0.2, 0) is 16.2 Å². The Bertz CT molecular complexity index is 590. The minimum atomic E-state index is -4.47. The zero-order chi connectivity index (χ0) is 15.7. The van der Waals surface area contributed by atoms with E-state index >= 15 is 0 Å². The maximum atomic E-state index is 12.5. The van der Waals surface area contributed by atoms with E-state index in [1.807, 2.05) is 6.92 Å². The van der Waals surface area contributed by atoms with Crippen molar-refractivity contribution in [2.24, 2.45) is 5.92 Å². The molecule has 22 heavy (non-hydrogen) atoms. The van der Waals surface area contributed by atoms with Crippen LogP contribution in [-0.4, -0.2) is 27.5 Å². The van der Waals surface area contributed by atoms with Gasteiger partial charge in [-0.15, -0.1) is 12.4 Å². The van der Waals surface area contributed by atoms with E-state index in [4.69, 9.17) is 0 Å². The second-order valence-corrected chi connectivity index (χ2v) is 6.93. The Kier molecular flexibility index (Phi) is 6.26. The summed E-state index contributed by atoms with van der Waals surface area (Å²) in [5.41, 5.74) is -0.864. The molecule has 1 saturated heterocycles. The molecule has 9 heteroatoms. The first kappa shape index (κ1) is 19.2. The van der Waals surface area contributed by atoms with Crippen LogP contribution in [0.15, 0.2) is 29.2 Å². The third kappa shape index (κ3) is 4.58. The predicted octanol–water partition coefficient (Wildman–Crippen LogP) is 2.40.